The molecule has 2 aliphatic heterocycles. The van der Waals surface area contributed by atoms with Crippen molar-refractivity contribution in [1.29, 1.82) is 0 Å². The molecule has 1 amide bonds. The predicted octanol–water partition coefficient (Wildman–Crippen LogP) is 2.67. The lowest BCUT2D eigenvalue weighted by molar-refractivity contribution is -0.133. The third kappa shape index (κ3) is 8.09. The molecule has 0 bridgehead atoms. The Morgan fingerprint density at radius 2 is 1.83 bits per heavy atom. The van der Waals surface area contributed by atoms with Crippen LogP contribution in [0.4, 0.5) is 0 Å². The Hall–Kier alpha value is -1.29. The van der Waals surface area contributed by atoms with Crippen LogP contribution < -0.4 is 5.32 Å². The van der Waals surface area contributed by atoms with E-state index >= 15 is 0 Å². The van der Waals surface area contributed by atoms with Crippen molar-refractivity contribution < 1.29 is 9.21 Å². The third-order valence-corrected chi connectivity index (χ3v) is 5.58. The zero-order valence-electron chi connectivity index (χ0n) is 18.5. The quantitative estimate of drug-likeness (QED) is 0.333. The molecule has 0 aromatic carbocycles. The summed E-state index contributed by atoms with van der Waals surface area (Å²) in [6.07, 6.45) is 6.12. The predicted molar refractivity (Wildman–Crippen MR) is 131 cm³/mol. The first-order valence-electron chi connectivity index (χ1n) is 11.2. The minimum Gasteiger partial charge on any atom is -0.469 e. The molecule has 30 heavy (non-hydrogen) atoms. The van der Waals surface area contributed by atoms with E-state index in [2.05, 4.69) is 29.0 Å². The van der Waals surface area contributed by atoms with Crippen LogP contribution >= 0.6 is 24.0 Å². The molecule has 0 radical (unpaired) electrons. The highest BCUT2D eigenvalue weighted by molar-refractivity contribution is 14.0. The number of piperazine rings is 1. The molecule has 2 saturated heterocycles. The molecule has 170 valence electrons. The Morgan fingerprint density at radius 3 is 2.47 bits per heavy atom. The summed E-state index contributed by atoms with van der Waals surface area (Å²) in [5.74, 6) is 2.79. The Labute approximate surface area is 198 Å². The highest BCUT2D eigenvalue weighted by Gasteiger charge is 2.24. The van der Waals surface area contributed by atoms with Gasteiger partial charge in [0, 0.05) is 58.8 Å². The molecule has 3 heterocycles. The molecule has 3 rings (SSSR count). The van der Waals surface area contributed by atoms with Crippen LogP contribution in [0.25, 0.3) is 0 Å². The second-order valence-corrected chi connectivity index (χ2v) is 8.52. The van der Waals surface area contributed by atoms with Crippen LogP contribution in [-0.2, 0) is 11.2 Å². The number of furan rings is 1. The largest absolute Gasteiger partial charge is 0.469 e. The van der Waals surface area contributed by atoms with E-state index < -0.39 is 0 Å². The number of carbonyl (C=O) groups is 1. The van der Waals surface area contributed by atoms with E-state index in [1.54, 1.807) is 6.26 Å². The summed E-state index contributed by atoms with van der Waals surface area (Å²) in [6.45, 7) is 12.0. The van der Waals surface area contributed by atoms with Crippen LogP contribution in [0.15, 0.2) is 27.8 Å². The fraction of sp³-hybridized carbons (Fsp3) is 0.727. The van der Waals surface area contributed by atoms with Crippen molar-refractivity contribution in [2.24, 2.45) is 10.9 Å². The topological polar surface area (TPSA) is 64.3 Å². The summed E-state index contributed by atoms with van der Waals surface area (Å²) in [7, 11) is 0. The van der Waals surface area contributed by atoms with Crippen LogP contribution in [-0.4, -0.2) is 85.5 Å². The minimum atomic E-state index is 0. The number of nitrogens with one attached hydrogen (secondary N) is 1. The van der Waals surface area contributed by atoms with Crippen molar-refractivity contribution in [3.63, 3.8) is 0 Å². The number of rotatable bonds is 7. The Bertz CT molecular complexity index is 636. The van der Waals surface area contributed by atoms with Crippen molar-refractivity contribution in [3.05, 3.63) is 24.2 Å². The van der Waals surface area contributed by atoms with Gasteiger partial charge in [0.15, 0.2) is 5.96 Å². The second kappa shape index (κ2) is 13.2. The molecule has 0 unspecified atom stereocenters. The number of amides is 1. The number of likely N-dealkylation sites (tertiary alicyclic amines) is 1. The fourth-order valence-electron chi connectivity index (χ4n) is 3.84. The number of halogens is 1. The minimum absolute atomic E-state index is 0. The van der Waals surface area contributed by atoms with Gasteiger partial charge in [-0.2, -0.15) is 0 Å². The van der Waals surface area contributed by atoms with Crippen LogP contribution in [0.2, 0.25) is 0 Å². The smallest absolute Gasteiger partial charge is 0.236 e. The number of hydrogen-bond donors (Lipinski definition) is 1. The van der Waals surface area contributed by atoms with Gasteiger partial charge in [-0.3, -0.25) is 14.7 Å². The second-order valence-electron chi connectivity index (χ2n) is 8.52. The highest BCUT2D eigenvalue weighted by Crippen LogP contribution is 2.10. The molecule has 2 aliphatic rings. The number of guanidine groups is 1. The lowest BCUT2D eigenvalue weighted by atomic mass is 10.1. The highest BCUT2D eigenvalue weighted by atomic mass is 127. The molecular formula is C22H38IN5O2. The monoisotopic (exact) mass is 531 g/mol. The third-order valence-electron chi connectivity index (χ3n) is 5.58. The lowest BCUT2D eigenvalue weighted by Crippen LogP contribution is -2.54. The van der Waals surface area contributed by atoms with Crippen LogP contribution in [0.5, 0.6) is 0 Å². The number of aliphatic imine (C=N–C) groups is 1. The van der Waals surface area contributed by atoms with Crippen molar-refractivity contribution in [1.82, 2.24) is 20.0 Å². The molecule has 7 nitrogen and oxygen atoms in total. The van der Waals surface area contributed by atoms with Gasteiger partial charge < -0.3 is 19.5 Å². The maximum atomic E-state index is 12.5. The number of hydrogen-bond acceptors (Lipinski definition) is 4. The van der Waals surface area contributed by atoms with Gasteiger partial charge >= 0.3 is 0 Å². The Kier molecular flexibility index (Phi) is 11.0. The molecular weight excluding hydrogens is 493 g/mol. The van der Waals surface area contributed by atoms with E-state index in [-0.39, 0.29) is 24.0 Å². The molecule has 1 aromatic rings. The van der Waals surface area contributed by atoms with Gasteiger partial charge in [-0.25, -0.2) is 0 Å². The van der Waals surface area contributed by atoms with Crippen LogP contribution in [0.1, 0.15) is 38.9 Å². The van der Waals surface area contributed by atoms with E-state index in [9.17, 15) is 4.79 Å². The zero-order chi connectivity index (χ0) is 20.5. The first kappa shape index (κ1) is 25.0. The number of piperidine rings is 1. The lowest BCUT2D eigenvalue weighted by Gasteiger charge is -2.37. The average molecular weight is 531 g/mol. The van der Waals surface area contributed by atoms with E-state index in [1.807, 2.05) is 17.0 Å². The first-order valence-corrected chi connectivity index (χ1v) is 11.2. The molecule has 0 atom stereocenters. The van der Waals surface area contributed by atoms with E-state index in [0.717, 1.165) is 83.3 Å². The summed E-state index contributed by atoms with van der Waals surface area (Å²) in [5.41, 5.74) is 0. The van der Waals surface area contributed by atoms with Gasteiger partial charge in [-0.1, -0.05) is 13.8 Å². The van der Waals surface area contributed by atoms with E-state index in [0.29, 0.717) is 18.4 Å². The maximum Gasteiger partial charge on any atom is 0.236 e. The standard InChI is InChI=1S/C22H37N5O2.HI/c1-19(2)17-24-22(23-9-8-20-7-6-16-29-20)27-14-12-25(13-15-27)18-21(28)26-10-4-3-5-11-26;/h6-7,16,19H,3-5,8-15,17-18H2,1-2H3,(H,23,24);1H. The average Bonchev–Trinajstić information content (AvgIpc) is 3.25. The molecule has 1 aromatic heterocycles. The Balaban J connectivity index is 0.00000320. The van der Waals surface area contributed by atoms with Crippen molar-refractivity contribution in [2.45, 2.75) is 39.5 Å². The molecule has 2 fully saturated rings. The summed E-state index contributed by atoms with van der Waals surface area (Å²) >= 11 is 0. The van der Waals surface area contributed by atoms with E-state index in [1.165, 1.54) is 6.42 Å². The summed E-state index contributed by atoms with van der Waals surface area (Å²) < 4.78 is 5.42. The molecule has 1 N–H and O–H groups in total. The fourth-order valence-corrected chi connectivity index (χ4v) is 3.84. The van der Waals surface area contributed by atoms with Gasteiger partial charge in [-0.15, -0.1) is 24.0 Å². The summed E-state index contributed by atoms with van der Waals surface area (Å²) in [5, 5.41) is 3.51. The first-order chi connectivity index (χ1) is 14.1. The molecule has 8 heteroatoms. The SMILES string of the molecule is CC(C)CN=C(NCCc1ccco1)N1CCN(CC(=O)N2CCCCC2)CC1.I. The van der Waals surface area contributed by atoms with E-state index in [4.69, 9.17) is 9.41 Å². The normalized spacial score (nSPS) is 18.4. The molecule has 0 spiro atoms. The molecule has 0 aliphatic carbocycles. The molecule has 0 saturated carbocycles. The maximum absolute atomic E-state index is 12.5. The van der Waals surface area contributed by atoms with Crippen molar-refractivity contribution >= 4 is 35.8 Å². The summed E-state index contributed by atoms with van der Waals surface area (Å²) in [4.78, 5) is 24.0. The number of carbonyl (C=O) groups excluding carboxylic acids is 1. The Morgan fingerprint density at radius 1 is 1.10 bits per heavy atom. The van der Waals surface area contributed by atoms with Crippen molar-refractivity contribution in [3.8, 4) is 0 Å². The van der Waals surface area contributed by atoms with Crippen LogP contribution in [0.3, 0.4) is 0 Å². The van der Waals surface area contributed by atoms with Gasteiger partial charge in [0.25, 0.3) is 0 Å². The van der Waals surface area contributed by atoms with Crippen molar-refractivity contribution in [2.75, 3.05) is 58.9 Å². The van der Waals surface area contributed by atoms with Gasteiger partial charge in [0.2, 0.25) is 5.91 Å². The number of nitrogens with zero attached hydrogens (tertiary/aromatic N) is 4. The van der Waals surface area contributed by atoms with Gasteiger partial charge in [0.05, 0.1) is 12.8 Å². The van der Waals surface area contributed by atoms with Gasteiger partial charge in [-0.05, 0) is 37.3 Å². The van der Waals surface area contributed by atoms with Crippen LogP contribution in [0, 0.1) is 5.92 Å². The zero-order valence-corrected chi connectivity index (χ0v) is 20.8. The summed E-state index contributed by atoms with van der Waals surface area (Å²) in [6, 6.07) is 3.93. The van der Waals surface area contributed by atoms with Gasteiger partial charge in [0.1, 0.15) is 5.76 Å².